The molecule has 0 radical (unpaired) electrons. The topological polar surface area (TPSA) is 142 Å². The van der Waals surface area contributed by atoms with Gasteiger partial charge in [0.05, 0.1) is 10.8 Å². The van der Waals surface area contributed by atoms with Crippen LogP contribution in [0.25, 0.3) is 11.0 Å². The second-order valence-electron chi connectivity index (χ2n) is 7.92. The Kier molecular flexibility index (Phi) is 5.19. The van der Waals surface area contributed by atoms with Crippen LogP contribution in [0.1, 0.15) is 33.2 Å². The highest BCUT2D eigenvalue weighted by atomic mass is 16.6. The van der Waals surface area contributed by atoms with Crippen molar-refractivity contribution >= 4 is 22.6 Å². The number of ether oxygens (including phenoxy) is 2. The van der Waals surface area contributed by atoms with E-state index in [9.17, 15) is 20.2 Å². The molecule has 1 aliphatic rings. The molecule has 9 heteroatoms. The van der Waals surface area contributed by atoms with Crippen molar-refractivity contribution < 1.29 is 23.6 Å². The number of nitriles is 1. The van der Waals surface area contributed by atoms with Crippen LogP contribution in [0, 0.1) is 28.4 Å². The summed E-state index contributed by atoms with van der Waals surface area (Å²) in [6, 6.07) is 20.0. The fraction of sp³-hybridized carbons (Fsp3) is 0.0769. The van der Waals surface area contributed by atoms with Gasteiger partial charge in [0.1, 0.15) is 28.7 Å². The standard InChI is InChI=1S/C26H17N3O6/c1-14-18-7-2-3-8-21(18)34-24(14)26(30)33-17-9-10-19-22(12-17)35-25(28)20(13-27)23(19)15-5-4-6-16(11-15)29(31)32/h2-12,23H,28H2,1H3. The number of nitrogens with zero attached hydrogens (tertiary/aromatic N) is 2. The van der Waals surface area contributed by atoms with Crippen molar-refractivity contribution in [2.75, 3.05) is 0 Å². The van der Waals surface area contributed by atoms with Gasteiger partial charge in [-0.25, -0.2) is 4.79 Å². The average molecular weight is 467 g/mol. The summed E-state index contributed by atoms with van der Waals surface area (Å²) in [6.07, 6.45) is 0. The number of furan rings is 1. The van der Waals surface area contributed by atoms with Gasteiger partial charge in [-0.2, -0.15) is 5.26 Å². The van der Waals surface area contributed by atoms with Gasteiger partial charge in [-0.15, -0.1) is 0 Å². The highest BCUT2D eigenvalue weighted by Gasteiger charge is 2.32. The molecule has 35 heavy (non-hydrogen) atoms. The molecule has 3 aromatic carbocycles. The number of hydrogen-bond acceptors (Lipinski definition) is 8. The second kappa shape index (κ2) is 8.35. The minimum absolute atomic E-state index is 0.0884. The van der Waals surface area contributed by atoms with Gasteiger partial charge < -0.3 is 19.6 Å². The number of esters is 1. The summed E-state index contributed by atoms with van der Waals surface area (Å²) in [5, 5.41) is 21.8. The molecule has 1 unspecified atom stereocenters. The van der Waals surface area contributed by atoms with E-state index in [0.29, 0.717) is 22.3 Å². The molecule has 2 N–H and O–H groups in total. The molecule has 1 aliphatic heterocycles. The van der Waals surface area contributed by atoms with Crippen molar-refractivity contribution in [3.63, 3.8) is 0 Å². The van der Waals surface area contributed by atoms with Crippen molar-refractivity contribution in [2.24, 2.45) is 5.73 Å². The predicted octanol–water partition coefficient (Wildman–Crippen LogP) is 5.09. The fourth-order valence-electron chi connectivity index (χ4n) is 4.18. The number of nitrogens with two attached hydrogens (primary N) is 1. The molecule has 1 aromatic heterocycles. The zero-order valence-electron chi connectivity index (χ0n) is 18.3. The Labute approximate surface area is 198 Å². The molecule has 0 amide bonds. The van der Waals surface area contributed by atoms with Crippen LogP contribution in [0.5, 0.6) is 11.5 Å². The summed E-state index contributed by atoms with van der Waals surface area (Å²) in [5.74, 6) is -0.959. The monoisotopic (exact) mass is 467 g/mol. The number of non-ortho nitro benzene ring substituents is 1. The first-order valence-electron chi connectivity index (χ1n) is 10.5. The fourth-order valence-corrected chi connectivity index (χ4v) is 4.18. The van der Waals surface area contributed by atoms with Gasteiger partial charge >= 0.3 is 5.97 Å². The minimum Gasteiger partial charge on any atom is -0.449 e. The highest BCUT2D eigenvalue weighted by molar-refractivity contribution is 5.96. The smallest absolute Gasteiger partial charge is 0.379 e. The Morgan fingerprint density at radius 1 is 1.14 bits per heavy atom. The summed E-state index contributed by atoms with van der Waals surface area (Å²) in [7, 11) is 0. The molecule has 0 saturated heterocycles. The van der Waals surface area contributed by atoms with E-state index >= 15 is 0 Å². The molecule has 9 nitrogen and oxygen atoms in total. The SMILES string of the molecule is Cc1c(C(=O)Oc2ccc3c(c2)OC(N)=C(C#N)C3c2cccc([N+](=O)[O-])c2)oc2ccccc12. The third kappa shape index (κ3) is 3.73. The number of aryl methyl sites for hydroxylation is 1. The van der Waals surface area contributed by atoms with Crippen LogP contribution in [0.3, 0.4) is 0 Å². The van der Waals surface area contributed by atoms with Crippen LogP contribution in [0.15, 0.2) is 82.6 Å². The van der Waals surface area contributed by atoms with Crippen molar-refractivity contribution in [3.8, 4) is 17.6 Å². The number of rotatable bonds is 4. The number of nitro benzene ring substituents is 1. The van der Waals surface area contributed by atoms with Gasteiger partial charge in [-0.3, -0.25) is 10.1 Å². The molecular formula is C26H17N3O6. The summed E-state index contributed by atoms with van der Waals surface area (Å²) in [6.45, 7) is 1.77. The number of fused-ring (bicyclic) bond motifs is 2. The number of allylic oxidation sites excluding steroid dienone is 1. The van der Waals surface area contributed by atoms with Gasteiger partial charge in [0.15, 0.2) is 0 Å². The maximum Gasteiger partial charge on any atom is 0.379 e. The minimum atomic E-state index is -0.689. The Bertz CT molecular complexity index is 1590. The molecule has 0 bridgehead atoms. The van der Waals surface area contributed by atoms with Gasteiger partial charge in [0.25, 0.3) is 5.69 Å². The third-order valence-electron chi connectivity index (χ3n) is 5.84. The molecule has 172 valence electrons. The molecule has 1 atom stereocenters. The Balaban J connectivity index is 1.51. The number of carbonyl (C=O) groups is 1. The Morgan fingerprint density at radius 2 is 1.94 bits per heavy atom. The van der Waals surface area contributed by atoms with E-state index in [0.717, 1.165) is 5.39 Å². The average Bonchev–Trinajstić information content (AvgIpc) is 3.20. The van der Waals surface area contributed by atoms with Crippen LogP contribution in [-0.2, 0) is 0 Å². The molecule has 0 fully saturated rings. The summed E-state index contributed by atoms with van der Waals surface area (Å²) < 4.78 is 16.9. The summed E-state index contributed by atoms with van der Waals surface area (Å²) >= 11 is 0. The maximum absolute atomic E-state index is 12.8. The van der Waals surface area contributed by atoms with Crippen molar-refractivity contribution in [2.45, 2.75) is 12.8 Å². The number of benzene rings is 3. The van der Waals surface area contributed by atoms with E-state index in [4.69, 9.17) is 19.6 Å². The zero-order valence-corrected chi connectivity index (χ0v) is 18.3. The molecule has 0 saturated carbocycles. The molecule has 0 spiro atoms. The normalized spacial score (nSPS) is 14.7. The molecule has 4 aromatic rings. The first kappa shape index (κ1) is 21.7. The molecule has 0 aliphatic carbocycles. The van der Waals surface area contributed by atoms with Crippen molar-refractivity contribution in [3.05, 3.63) is 111 Å². The van der Waals surface area contributed by atoms with Gasteiger partial charge in [0, 0.05) is 34.7 Å². The number of nitro groups is 1. The number of carbonyl (C=O) groups excluding carboxylic acids is 1. The van der Waals surface area contributed by atoms with Crippen LogP contribution in [-0.4, -0.2) is 10.9 Å². The van der Waals surface area contributed by atoms with E-state index < -0.39 is 16.8 Å². The summed E-state index contributed by atoms with van der Waals surface area (Å²) in [5.41, 5.74) is 8.32. The lowest BCUT2D eigenvalue weighted by Gasteiger charge is -2.26. The molecule has 2 heterocycles. The quantitative estimate of drug-likeness (QED) is 0.189. The van der Waals surface area contributed by atoms with Crippen LogP contribution in [0.4, 0.5) is 5.69 Å². The van der Waals surface area contributed by atoms with Crippen molar-refractivity contribution in [1.82, 2.24) is 0 Å². The lowest BCUT2D eigenvalue weighted by Crippen LogP contribution is -2.21. The first-order valence-corrected chi connectivity index (χ1v) is 10.5. The zero-order chi connectivity index (χ0) is 24.7. The van der Waals surface area contributed by atoms with Crippen molar-refractivity contribution in [1.29, 1.82) is 5.26 Å². The van der Waals surface area contributed by atoms with E-state index in [-0.39, 0.29) is 34.4 Å². The highest BCUT2D eigenvalue weighted by Crippen LogP contribution is 2.44. The largest absolute Gasteiger partial charge is 0.449 e. The maximum atomic E-state index is 12.8. The van der Waals surface area contributed by atoms with Crippen LogP contribution in [0.2, 0.25) is 0 Å². The lowest BCUT2D eigenvalue weighted by atomic mass is 9.83. The second-order valence-corrected chi connectivity index (χ2v) is 7.92. The van der Waals surface area contributed by atoms with Gasteiger partial charge in [-0.05, 0) is 24.6 Å². The van der Waals surface area contributed by atoms with E-state index in [1.165, 1.54) is 18.2 Å². The first-order chi connectivity index (χ1) is 16.9. The third-order valence-corrected chi connectivity index (χ3v) is 5.84. The van der Waals surface area contributed by atoms with E-state index in [2.05, 4.69) is 0 Å². The van der Waals surface area contributed by atoms with Gasteiger partial charge in [-0.1, -0.05) is 36.4 Å². The lowest BCUT2D eigenvalue weighted by molar-refractivity contribution is -0.384. The van der Waals surface area contributed by atoms with E-state index in [1.54, 1.807) is 37.3 Å². The predicted molar refractivity (Wildman–Crippen MR) is 125 cm³/mol. The molecular weight excluding hydrogens is 450 g/mol. The Morgan fingerprint density at radius 3 is 2.69 bits per heavy atom. The molecule has 5 rings (SSSR count). The van der Waals surface area contributed by atoms with E-state index in [1.807, 2.05) is 24.3 Å². The summed E-state index contributed by atoms with van der Waals surface area (Å²) in [4.78, 5) is 23.6. The number of hydrogen-bond donors (Lipinski definition) is 1. The van der Waals surface area contributed by atoms with Crippen LogP contribution < -0.4 is 15.2 Å². The van der Waals surface area contributed by atoms with Gasteiger partial charge in [0.2, 0.25) is 11.6 Å². The Hall–Kier alpha value is -5.10. The number of para-hydroxylation sites is 1. The van der Waals surface area contributed by atoms with Crippen LogP contribution >= 0.6 is 0 Å².